The van der Waals surface area contributed by atoms with E-state index in [1.54, 1.807) is 17.3 Å². The maximum atomic E-state index is 13.2. The van der Waals surface area contributed by atoms with Gasteiger partial charge in [0.1, 0.15) is 5.82 Å². The van der Waals surface area contributed by atoms with Crippen molar-refractivity contribution in [1.82, 2.24) is 24.8 Å². The first kappa shape index (κ1) is 21.1. The second-order valence-electron chi connectivity index (χ2n) is 7.74. The second-order valence-corrected chi connectivity index (χ2v) is 7.74. The molecule has 1 aliphatic rings. The van der Waals surface area contributed by atoms with Crippen molar-refractivity contribution in [2.45, 2.75) is 32.9 Å². The van der Waals surface area contributed by atoms with E-state index in [1.807, 2.05) is 26.0 Å². The highest BCUT2D eigenvalue weighted by atomic mass is 16.3. The number of anilines is 1. The standard InChI is InChI=1S/C21H30N6O2/c1-15-16(2)23-19(24-20(15)26-9-7-18(14-26)25(3)4)21(29)27(10-11-28)13-17-6-5-8-22-12-17/h5-6,8,12,18,28H,7,9-11,13-14H2,1-4H3/t18-/m1/s1. The fourth-order valence-corrected chi connectivity index (χ4v) is 3.60. The highest BCUT2D eigenvalue weighted by Crippen LogP contribution is 2.25. The van der Waals surface area contributed by atoms with Gasteiger partial charge in [-0.25, -0.2) is 9.97 Å². The fourth-order valence-electron chi connectivity index (χ4n) is 3.60. The van der Waals surface area contributed by atoms with Crippen molar-refractivity contribution in [1.29, 1.82) is 0 Å². The van der Waals surface area contributed by atoms with E-state index in [2.05, 4.69) is 38.8 Å². The smallest absolute Gasteiger partial charge is 0.292 e. The molecule has 1 fully saturated rings. The number of aryl methyl sites for hydroxylation is 1. The summed E-state index contributed by atoms with van der Waals surface area (Å²) in [5, 5.41) is 9.45. The van der Waals surface area contributed by atoms with E-state index in [9.17, 15) is 9.90 Å². The summed E-state index contributed by atoms with van der Waals surface area (Å²) in [5.41, 5.74) is 2.70. The number of likely N-dealkylation sites (N-methyl/N-ethyl adjacent to an activating group) is 1. The average molecular weight is 399 g/mol. The zero-order valence-corrected chi connectivity index (χ0v) is 17.7. The van der Waals surface area contributed by atoms with Crippen LogP contribution >= 0.6 is 0 Å². The number of hydrogen-bond acceptors (Lipinski definition) is 7. The predicted octanol–water partition coefficient (Wildman–Crippen LogP) is 1.26. The minimum atomic E-state index is -0.282. The van der Waals surface area contributed by atoms with Crippen molar-refractivity contribution in [2.75, 3.05) is 45.2 Å². The summed E-state index contributed by atoms with van der Waals surface area (Å²) in [6.07, 6.45) is 4.48. The van der Waals surface area contributed by atoms with Crippen molar-refractivity contribution in [2.24, 2.45) is 0 Å². The van der Waals surface area contributed by atoms with Gasteiger partial charge in [-0.05, 0) is 46.0 Å². The molecule has 0 saturated carbocycles. The molecule has 1 saturated heterocycles. The Bertz CT molecular complexity index is 843. The van der Waals surface area contributed by atoms with Crippen molar-refractivity contribution in [3.63, 3.8) is 0 Å². The molecule has 0 unspecified atom stereocenters. The lowest BCUT2D eigenvalue weighted by Crippen LogP contribution is -2.35. The lowest BCUT2D eigenvalue weighted by atomic mass is 10.2. The van der Waals surface area contributed by atoms with E-state index < -0.39 is 0 Å². The molecule has 0 spiro atoms. The van der Waals surface area contributed by atoms with E-state index >= 15 is 0 Å². The predicted molar refractivity (Wildman–Crippen MR) is 112 cm³/mol. The third-order valence-electron chi connectivity index (χ3n) is 5.50. The van der Waals surface area contributed by atoms with Crippen LogP contribution in [0.5, 0.6) is 0 Å². The van der Waals surface area contributed by atoms with Gasteiger partial charge in [0, 0.05) is 55.9 Å². The third kappa shape index (κ3) is 4.89. The minimum absolute atomic E-state index is 0.125. The summed E-state index contributed by atoms with van der Waals surface area (Å²) in [5.74, 6) is 0.722. The molecule has 8 nitrogen and oxygen atoms in total. The molecule has 1 N–H and O–H groups in total. The Morgan fingerprint density at radius 3 is 2.72 bits per heavy atom. The molecule has 1 atom stereocenters. The first-order chi connectivity index (χ1) is 13.9. The summed E-state index contributed by atoms with van der Waals surface area (Å²) in [4.78, 5) is 32.4. The van der Waals surface area contributed by atoms with Crippen LogP contribution in [0.15, 0.2) is 24.5 Å². The Morgan fingerprint density at radius 2 is 2.10 bits per heavy atom. The number of carbonyl (C=O) groups is 1. The second kappa shape index (κ2) is 9.28. The van der Waals surface area contributed by atoms with Crippen LogP contribution in [0.25, 0.3) is 0 Å². The topological polar surface area (TPSA) is 85.7 Å². The van der Waals surface area contributed by atoms with Crippen molar-refractivity contribution < 1.29 is 9.90 Å². The monoisotopic (exact) mass is 398 g/mol. The molecule has 2 aromatic heterocycles. The number of aliphatic hydroxyl groups excluding tert-OH is 1. The van der Waals surface area contributed by atoms with Crippen LogP contribution < -0.4 is 4.90 Å². The lowest BCUT2D eigenvalue weighted by molar-refractivity contribution is 0.0695. The minimum Gasteiger partial charge on any atom is -0.395 e. The van der Waals surface area contributed by atoms with E-state index in [0.717, 1.165) is 42.1 Å². The van der Waals surface area contributed by atoms with E-state index in [4.69, 9.17) is 0 Å². The zero-order valence-electron chi connectivity index (χ0n) is 17.7. The van der Waals surface area contributed by atoms with Gasteiger partial charge in [0.05, 0.1) is 6.61 Å². The van der Waals surface area contributed by atoms with Gasteiger partial charge in [-0.1, -0.05) is 6.07 Å². The van der Waals surface area contributed by atoms with Crippen LogP contribution in [0, 0.1) is 13.8 Å². The number of hydrogen-bond donors (Lipinski definition) is 1. The number of rotatable bonds is 7. The largest absolute Gasteiger partial charge is 0.395 e. The Morgan fingerprint density at radius 1 is 1.31 bits per heavy atom. The van der Waals surface area contributed by atoms with E-state index in [0.29, 0.717) is 12.6 Å². The highest BCUT2D eigenvalue weighted by Gasteiger charge is 2.28. The van der Waals surface area contributed by atoms with Gasteiger partial charge in [0.25, 0.3) is 5.91 Å². The van der Waals surface area contributed by atoms with E-state index in [1.165, 1.54) is 0 Å². The average Bonchev–Trinajstić information content (AvgIpc) is 3.20. The van der Waals surface area contributed by atoms with Gasteiger partial charge in [-0.2, -0.15) is 0 Å². The molecule has 8 heteroatoms. The van der Waals surface area contributed by atoms with Gasteiger partial charge in [0.15, 0.2) is 0 Å². The molecule has 1 amide bonds. The molecular weight excluding hydrogens is 368 g/mol. The first-order valence-electron chi connectivity index (χ1n) is 9.96. The number of nitrogens with zero attached hydrogens (tertiary/aromatic N) is 6. The SMILES string of the molecule is Cc1nc(C(=O)N(CCO)Cc2cccnc2)nc(N2CC[C@@H](N(C)C)C2)c1C. The number of amides is 1. The van der Waals surface area contributed by atoms with Gasteiger partial charge in [-0.15, -0.1) is 0 Å². The molecular formula is C21H30N6O2. The van der Waals surface area contributed by atoms with Crippen LogP contribution in [0.3, 0.4) is 0 Å². The third-order valence-corrected chi connectivity index (χ3v) is 5.50. The molecule has 156 valence electrons. The molecule has 1 aliphatic heterocycles. The molecule has 0 aromatic carbocycles. The number of aliphatic hydroxyl groups is 1. The Labute approximate surface area is 172 Å². The summed E-state index contributed by atoms with van der Waals surface area (Å²) in [7, 11) is 4.18. The Balaban J connectivity index is 1.86. The van der Waals surface area contributed by atoms with Crippen LogP contribution in [-0.2, 0) is 6.54 Å². The maximum absolute atomic E-state index is 13.2. The first-order valence-corrected chi connectivity index (χ1v) is 9.96. The molecule has 0 radical (unpaired) electrons. The normalized spacial score (nSPS) is 16.5. The van der Waals surface area contributed by atoms with Gasteiger partial charge in [0.2, 0.25) is 5.82 Å². The fraction of sp³-hybridized carbons (Fsp3) is 0.524. The molecule has 2 aromatic rings. The van der Waals surface area contributed by atoms with Gasteiger partial charge < -0.3 is 19.8 Å². The van der Waals surface area contributed by atoms with Gasteiger partial charge >= 0.3 is 0 Å². The van der Waals surface area contributed by atoms with Crippen molar-refractivity contribution in [3.8, 4) is 0 Å². The summed E-state index contributed by atoms with van der Waals surface area (Å²) in [6, 6.07) is 4.21. The van der Waals surface area contributed by atoms with Gasteiger partial charge in [-0.3, -0.25) is 9.78 Å². The zero-order chi connectivity index (χ0) is 21.0. The maximum Gasteiger partial charge on any atom is 0.292 e. The summed E-state index contributed by atoms with van der Waals surface area (Å²) < 4.78 is 0. The van der Waals surface area contributed by atoms with Crippen molar-refractivity contribution in [3.05, 3.63) is 47.2 Å². The molecule has 3 rings (SSSR count). The molecule has 0 bridgehead atoms. The molecule has 3 heterocycles. The molecule has 29 heavy (non-hydrogen) atoms. The van der Waals surface area contributed by atoms with Crippen LogP contribution in [0.4, 0.5) is 5.82 Å². The van der Waals surface area contributed by atoms with Crippen LogP contribution in [-0.4, -0.2) is 82.1 Å². The number of pyridine rings is 1. The highest BCUT2D eigenvalue weighted by molar-refractivity contribution is 5.91. The number of carbonyl (C=O) groups excluding carboxylic acids is 1. The summed E-state index contributed by atoms with van der Waals surface area (Å²) >= 11 is 0. The Hall–Kier alpha value is -2.58. The van der Waals surface area contributed by atoms with Crippen LogP contribution in [0.1, 0.15) is 33.9 Å². The lowest BCUT2D eigenvalue weighted by Gasteiger charge is -2.25. The quantitative estimate of drug-likeness (QED) is 0.751. The Kier molecular flexibility index (Phi) is 6.76. The summed E-state index contributed by atoms with van der Waals surface area (Å²) in [6.45, 7) is 6.15. The van der Waals surface area contributed by atoms with E-state index in [-0.39, 0.29) is 24.9 Å². The number of aromatic nitrogens is 3. The molecule has 0 aliphatic carbocycles. The van der Waals surface area contributed by atoms with Crippen LogP contribution in [0.2, 0.25) is 0 Å². The van der Waals surface area contributed by atoms with Crippen molar-refractivity contribution >= 4 is 11.7 Å².